The second-order valence-electron chi connectivity index (χ2n) is 5.36. The van der Waals surface area contributed by atoms with Crippen LogP contribution < -0.4 is 5.32 Å². The molecule has 122 valence electrons. The summed E-state index contributed by atoms with van der Waals surface area (Å²) in [6, 6.07) is -0.911. The Morgan fingerprint density at radius 2 is 2.18 bits per heavy atom. The van der Waals surface area contributed by atoms with Gasteiger partial charge in [0.1, 0.15) is 6.04 Å². The molecule has 1 saturated heterocycles. The smallest absolute Gasteiger partial charge is 0.328 e. The van der Waals surface area contributed by atoms with Crippen molar-refractivity contribution >= 4 is 23.9 Å². The summed E-state index contributed by atoms with van der Waals surface area (Å²) in [4.78, 5) is 38.1. The average Bonchev–Trinajstić information content (AvgIpc) is 2.96. The molecule has 0 radical (unpaired) electrons. The molecule has 0 aliphatic carbocycles. The molecule has 0 aromatic heterocycles. The highest BCUT2D eigenvalue weighted by molar-refractivity contribution is 6.25. The number of ketones is 1. The minimum atomic E-state index is -0.911. The van der Waals surface area contributed by atoms with Gasteiger partial charge in [0.05, 0.1) is 18.6 Å². The van der Waals surface area contributed by atoms with E-state index in [0.717, 1.165) is 6.21 Å². The van der Waals surface area contributed by atoms with Gasteiger partial charge in [-0.05, 0) is 26.7 Å². The summed E-state index contributed by atoms with van der Waals surface area (Å²) < 4.78 is 10.2. The first kappa shape index (κ1) is 18.0. The van der Waals surface area contributed by atoms with E-state index in [1.54, 1.807) is 13.8 Å². The molecule has 1 rings (SSSR count). The van der Waals surface area contributed by atoms with Crippen LogP contribution in [-0.2, 0) is 23.9 Å². The molecule has 1 fully saturated rings. The quantitative estimate of drug-likeness (QED) is 0.295. The van der Waals surface area contributed by atoms with Crippen molar-refractivity contribution in [1.82, 2.24) is 5.32 Å². The number of rotatable bonds is 8. The van der Waals surface area contributed by atoms with Crippen molar-refractivity contribution in [2.45, 2.75) is 45.3 Å². The molecule has 1 amide bonds. The Kier molecular flexibility index (Phi) is 7.42. The van der Waals surface area contributed by atoms with Crippen LogP contribution in [0.5, 0.6) is 0 Å². The Hall–Kier alpha value is -2.05. The van der Waals surface area contributed by atoms with E-state index in [9.17, 15) is 14.4 Å². The van der Waals surface area contributed by atoms with Gasteiger partial charge < -0.3 is 20.3 Å². The summed E-state index contributed by atoms with van der Waals surface area (Å²) in [5, 5.41) is 2.61. The molecule has 0 spiro atoms. The zero-order valence-electron chi connectivity index (χ0n) is 12.8. The van der Waals surface area contributed by atoms with E-state index in [1.165, 1.54) is 0 Å². The van der Waals surface area contributed by atoms with Crippen LogP contribution in [0, 0.1) is 5.92 Å². The number of carbonyl (C=O) groups excluding carboxylic acids is 3. The van der Waals surface area contributed by atoms with Crippen LogP contribution in [0.4, 0.5) is 0 Å². The number of ether oxygens (including phenoxy) is 2. The largest absolute Gasteiger partial charge is 0.461 e. The van der Waals surface area contributed by atoms with E-state index in [2.05, 4.69) is 10.1 Å². The Labute approximate surface area is 128 Å². The number of Topliss-reactive ketones (excluding diaryl/α,β-unsaturated/α-hetero) is 1. The summed E-state index contributed by atoms with van der Waals surface area (Å²) in [6.45, 7) is 4.24. The number of carbonyl (C=O) groups is 3. The SMILES string of the molecule is CC(C)OC(=O)[C@H](CCC(=O)C=[N+]=[N-])NC(=O)[C@@H]1CCOC1. The van der Waals surface area contributed by atoms with Gasteiger partial charge in [0, 0.05) is 13.0 Å². The summed E-state index contributed by atoms with van der Waals surface area (Å²) in [6.07, 6.45) is 1.08. The van der Waals surface area contributed by atoms with Crippen LogP contribution in [0.3, 0.4) is 0 Å². The van der Waals surface area contributed by atoms with Gasteiger partial charge in [-0.15, -0.1) is 0 Å². The van der Waals surface area contributed by atoms with Crippen molar-refractivity contribution in [2.24, 2.45) is 5.92 Å². The van der Waals surface area contributed by atoms with Crippen molar-refractivity contribution < 1.29 is 28.6 Å². The van der Waals surface area contributed by atoms with Crippen molar-refractivity contribution in [2.75, 3.05) is 13.2 Å². The van der Waals surface area contributed by atoms with Crippen molar-refractivity contribution in [3.8, 4) is 0 Å². The van der Waals surface area contributed by atoms with Crippen molar-refractivity contribution in [3.63, 3.8) is 0 Å². The maximum Gasteiger partial charge on any atom is 0.328 e. The molecule has 1 N–H and O–H groups in total. The molecule has 1 aliphatic rings. The lowest BCUT2D eigenvalue weighted by Gasteiger charge is -2.20. The third kappa shape index (κ3) is 6.15. The zero-order valence-corrected chi connectivity index (χ0v) is 12.8. The molecule has 0 aromatic carbocycles. The van der Waals surface area contributed by atoms with Gasteiger partial charge in [-0.3, -0.25) is 9.59 Å². The number of esters is 1. The molecular formula is C14H21N3O5. The summed E-state index contributed by atoms with van der Waals surface area (Å²) in [7, 11) is 0. The highest BCUT2D eigenvalue weighted by Crippen LogP contribution is 2.13. The predicted molar refractivity (Wildman–Crippen MR) is 76.0 cm³/mol. The van der Waals surface area contributed by atoms with E-state index < -0.39 is 17.8 Å². The van der Waals surface area contributed by atoms with E-state index in [0.29, 0.717) is 19.6 Å². The molecule has 0 saturated carbocycles. The third-order valence-electron chi connectivity index (χ3n) is 3.13. The molecule has 22 heavy (non-hydrogen) atoms. The van der Waals surface area contributed by atoms with Gasteiger partial charge in [-0.25, -0.2) is 4.79 Å². The summed E-state index contributed by atoms with van der Waals surface area (Å²) in [5.41, 5.74) is 8.29. The number of hydrogen-bond donors (Lipinski definition) is 1. The topological polar surface area (TPSA) is 118 Å². The first-order valence-electron chi connectivity index (χ1n) is 7.23. The van der Waals surface area contributed by atoms with Crippen LogP contribution >= 0.6 is 0 Å². The lowest BCUT2D eigenvalue weighted by Crippen LogP contribution is -2.45. The highest BCUT2D eigenvalue weighted by Gasteiger charge is 2.29. The standard InChI is InChI=1S/C14H21N3O5/c1-9(2)22-14(20)12(4-3-11(18)7-16-15)17-13(19)10-5-6-21-8-10/h7,9-10,12H,3-6,8H2,1-2H3,(H,17,19)/t10-,12+/m1/s1. The average molecular weight is 311 g/mol. The molecule has 2 atom stereocenters. The first-order valence-corrected chi connectivity index (χ1v) is 7.23. The lowest BCUT2D eigenvalue weighted by atomic mass is 10.1. The van der Waals surface area contributed by atoms with Crippen LogP contribution in [0.15, 0.2) is 0 Å². The van der Waals surface area contributed by atoms with Crippen LogP contribution in [-0.4, -0.2) is 54.0 Å². The maximum absolute atomic E-state index is 12.1. The highest BCUT2D eigenvalue weighted by atomic mass is 16.5. The molecular weight excluding hydrogens is 290 g/mol. The van der Waals surface area contributed by atoms with Gasteiger partial charge in [0.15, 0.2) is 0 Å². The molecule has 0 aromatic rings. The van der Waals surface area contributed by atoms with E-state index >= 15 is 0 Å². The lowest BCUT2D eigenvalue weighted by molar-refractivity contribution is -0.152. The second-order valence-corrected chi connectivity index (χ2v) is 5.36. The van der Waals surface area contributed by atoms with E-state index in [-0.39, 0.29) is 30.8 Å². The normalized spacial score (nSPS) is 18.4. The van der Waals surface area contributed by atoms with E-state index in [4.69, 9.17) is 15.0 Å². The van der Waals surface area contributed by atoms with Gasteiger partial charge in [0.25, 0.3) is 0 Å². The van der Waals surface area contributed by atoms with Gasteiger partial charge in [0.2, 0.25) is 11.7 Å². The number of nitrogens with zero attached hydrogens (tertiary/aromatic N) is 2. The Morgan fingerprint density at radius 3 is 2.73 bits per heavy atom. The van der Waals surface area contributed by atoms with Crippen molar-refractivity contribution in [1.29, 1.82) is 0 Å². The summed E-state index contributed by atoms with van der Waals surface area (Å²) >= 11 is 0. The summed E-state index contributed by atoms with van der Waals surface area (Å²) in [5.74, 6) is -1.60. The Morgan fingerprint density at radius 1 is 1.45 bits per heavy atom. The third-order valence-corrected chi connectivity index (χ3v) is 3.13. The minimum absolute atomic E-state index is 0.0383. The number of hydrogen-bond acceptors (Lipinski definition) is 5. The number of nitrogens with one attached hydrogen (secondary N) is 1. The molecule has 1 aliphatic heterocycles. The van der Waals surface area contributed by atoms with Gasteiger partial charge in [-0.2, -0.15) is 4.79 Å². The predicted octanol–water partition coefficient (Wildman–Crippen LogP) is 0.109. The molecule has 1 heterocycles. The van der Waals surface area contributed by atoms with Crippen molar-refractivity contribution in [3.05, 3.63) is 5.53 Å². The number of amides is 1. The minimum Gasteiger partial charge on any atom is -0.461 e. The zero-order chi connectivity index (χ0) is 16.5. The van der Waals surface area contributed by atoms with Crippen LogP contribution in [0.1, 0.15) is 33.1 Å². The Balaban J connectivity index is 2.63. The second kappa shape index (κ2) is 9.07. The monoisotopic (exact) mass is 311 g/mol. The fourth-order valence-electron chi connectivity index (χ4n) is 2.01. The molecule has 8 heteroatoms. The van der Waals surface area contributed by atoms with Gasteiger partial charge in [-0.1, -0.05) is 0 Å². The molecule has 0 bridgehead atoms. The molecule has 0 unspecified atom stereocenters. The van der Waals surface area contributed by atoms with Crippen LogP contribution in [0.25, 0.3) is 5.53 Å². The van der Waals surface area contributed by atoms with Crippen LogP contribution in [0.2, 0.25) is 0 Å². The fraction of sp³-hybridized carbons (Fsp3) is 0.714. The van der Waals surface area contributed by atoms with Gasteiger partial charge >= 0.3 is 12.2 Å². The maximum atomic E-state index is 12.1. The molecule has 8 nitrogen and oxygen atoms in total. The van der Waals surface area contributed by atoms with E-state index in [1.807, 2.05) is 0 Å². The Bertz CT molecular complexity index is 465. The fourth-order valence-corrected chi connectivity index (χ4v) is 2.01. The first-order chi connectivity index (χ1) is 10.4.